The smallest absolute Gasteiger partial charge is 0.270 e. The summed E-state index contributed by atoms with van der Waals surface area (Å²) in [7, 11) is -3.10. The number of nitro benzene ring substituents is 1. The van der Waals surface area contributed by atoms with Gasteiger partial charge in [0.05, 0.1) is 28.2 Å². The number of aromatic nitrogens is 2. The van der Waals surface area contributed by atoms with Gasteiger partial charge in [-0.05, 0) is 19.4 Å². The number of sulfone groups is 1. The maximum Gasteiger partial charge on any atom is 0.270 e. The van der Waals surface area contributed by atoms with Gasteiger partial charge in [-0.15, -0.1) is 0 Å². The number of rotatable bonds is 4. The van der Waals surface area contributed by atoms with Gasteiger partial charge in [-0.25, -0.2) is 13.1 Å². The van der Waals surface area contributed by atoms with Crippen LogP contribution in [0.25, 0.3) is 0 Å². The Hall–Kier alpha value is -2.75. The highest BCUT2D eigenvalue weighted by molar-refractivity contribution is 7.91. The topological polar surface area (TPSA) is 124 Å². The Balaban J connectivity index is 1.85. The zero-order chi connectivity index (χ0) is 18.2. The normalized spacial score (nSPS) is 18.8. The third-order valence-corrected chi connectivity index (χ3v) is 5.72. The predicted molar refractivity (Wildman–Crippen MR) is 90.3 cm³/mol. The molecule has 2 aromatic rings. The molecule has 25 heavy (non-hydrogen) atoms. The van der Waals surface area contributed by atoms with Gasteiger partial charge in [0.1, 0.15) is 5.82 Å². The minimum atomic E-state index is -3.10. The van der Waals surface area contributed by atoms with Gasteiger partial charge >= 0.3 is 0 Å². The molecule has 132 valence electrons. The summed E-state index contributed by atoms with van der Waals surface area (Å²) in [6, 6.07) is 6.69. The molecule has 1 aliphatic heterocycles. The lowest BCUT2D eigenvalue weighted by molar-refractivity contribution is -0.384. The number of amides is 1. The maximum atomic E-state index is 12.4. The highest BCUT2D eigenvalue weighted by atomic mass is 32.2. The molecular weight excluding hydrogens is 348 g/mol. The van der Waals surface area contributed by atoms with Crippen LogP contribution < -0.4 is 5.32 Å². The number of nitro groups is 1. The molecule has 1 aliphatic rings. The average molecular weight is 364 g/mol. The number of carbonyl (C=O) groups excluding carboxylic acids is 1. The molecule has 0 radical (unpaired) electrons. The third kappa shape index (κ3) is 3.68. The number of nitrogens with one attached hydrogen (secondary N) is 1. The van der Waals surface area contributed by atoms with E-state index in [1.807, 2.05) is 0 Å². The highest BCUT2D eigenvalue weighted by Crippen LogP contribution is 2.27. The maximum absolute atomic E-state index is 12.4. The van der Waals surface area contributed by atoms with Crippen LogP contribution in [0.4, 0.5) is 11.5 Å². The Kier molecular flexibility index (Phi) is 4.29. The van der Waals surface area contributed by atoms with E-state index in [4.69, 9.17) is 0 Å². The van der Waals surface area contributed by atoms with E-state index in [1.54, 1.807) is 13.0 Å². The highest BCUT2D eigenvalue weighted by Gasteiger charge is 2.31. The van der Waals surface area contributed by atoms with Crippen molar-refractivity contribution < 1.29 is 18.1 Å². The quantitative estimate of drug-likeness (QED) is 0.650. The van der Waals surface area contributed by atoms with Crippen molar-refractivity contribution in [1.82, 2.24) is 9.78 Å². The molecule has 3 rings (SSSR count). The van der Waals surface area contributed by atoms with Crippen molar-refractivity contribution >= 4 is 27.2 Å². The van der Waals surface area contributed by atoms with Gasteiger partial charge in [-0.2, -0.15) is 5.10 Å². The molecule has 1 unspecified atom stereocenters. The number of benzene rings is 1. The molecule has 1 atom stereocenters. The Bertz CT molecular complexity index is 951. The first-order chi connectivity index (χ1) is 11.7. The van der Waals surface area contributed by atoms with E-state index in [1.165, 1.54) is 28.9 Å². The molecule has 0 saturated carbocycles. The summed E-state index contributed by atoms with van der Waals surface area (Å²) >= 11 is 0. The fourth-order valence-corrected chi connectivity index (χ4v) is 4.50. The molecule has 0 spiro atoms. The molecule has 1 aromatic carbocycles. The summed E-state index contributed by atoms with van der Waals surface area (Å²) in [6.07, 6.45) is 0.434. The first-order valence-corrected chi connectivity index (χ1v) is 9.40. The first kappa shape index (κ1) is 17.1. The van der Waals surface area contributed by atoms with Crippen molar-refractivity contribution in [3.8, 4) is 0 Å². The van der Waals surface area contributed by atoms with E-state index in [0.29, 0.717) is 17.9 Å². The van der Waals surface area contributed by atoms with Crippen molar-refractivity contribution in [3.05, 3.63) is 51.7 Å². The summed E-state index contributed by atoms with van der Waals surface area (Å²) in [4.78, 5) is 22.7. The molecule has 9 nitrogen and oxygen atoms in total. The van der Waals surface area contributed by atoms with Crippen LogP contribution in [0.1, 0.15) is 28.5 Å². The van der Waals surface area contributed by atoms with E-state index in [2.05, 4.69) is 10.4 Å². The number of anilines is 1. The van der Waals surface area contributed by atoms with E-state index < -0.39 is 20.7 Å². The average Bonchev–Trinajstić information content (AvgIpc) is 3.09. The second kappa shape index (κ2) is 6.28. The standard InChI is InChI=1S/C15H16N4O5S/c1-10-7-14(18(17-10)13-5-6-25(23,24)9-13)16-15(20)11-3-2-4-12(8-11)19(21)22/h2-4,7-8,13H,5-6,9H2,1H3,(H,16,20). The van der Waals surface area contributed by atoms with Crippen molar-refractivity contribution in [1.29, 1.82) is 0 Å². The van der Waals surface area contributed by atoms with Gasteiger partial charge < -0.3 is 5.32 Å². The molecule has 0 aliphatic carbocycles. The second-order valence-electron chi connectivity index (χ2n) is 5.93. The van der Waals surface area contributed by atoms with Crippen LogP contribution in [0.2, 0.25) is 0 Å². The third-order valence-electron chi connectivity index (χ3n) is 3.97. The molecule has 1 aromatic heterocycles. The van der Waals surface area contributed by atoms with Crippen LogP contribution >= 0.6 is 0 Å². The minimum absolute atomic E-state index is 0.0200. The first-order valence-electron chi connectivity index (χ1n) is 7.57. The van der Waals surface area contributed by atoms with Gasteiger partial charge in [0, 0.05) is 23.8 Å². The second-order valence-corrected chi connectivity index (χ2v) is 8.16. The largest absolute Gasteiger partial charge is 0.307 e. The van der Waals surface area contributed by atoms with Crippen molar-refractivity contribution in [3.63, 3.8) is 0 Å². The lowest BCUT2D eigenvalue weighted by atomic mass is 10.2. The number of hydrogen-bond acceptors (Lipinski definition) is 6. The van der Waals surface area contributed by atoms with Crippen molar-refractivity contribution in [2.24, 2.45) is 0 Å². The lowest BCUT2D eigenvalue weighted by Crippen LogP contribution is -2.19. The number of non-ortho nitro benzene ring substituents is 1. The number of nitrogens with zero attached hydrogens (tertiary/aromatic N) is 3. The number of hydrogen-bond donors (Lipinski definition) is 1. The molecule has 1 fully saturated rings. The zero-order valence-electron chi connectivity index (χ0n) is 13.4. The molecule has 0 bridgehead atoms. The van der Waals surface area contributed by atoms with Gasteiger partial charge in [0.2, 0.25) is 0 Å². The molecule has 10 heteroatoms. The molecular formula is C15H16N4O5S. The summed E-state index contributed by atoms with van der Waals surface area (Å²) in [5.41, 5.74) is 0.594. The number of carbonyl (C=O) groups is 1. The fraction of sp³-hybridized carbons (Fsp3) is 0.333. The van der Waals surface area contributed by atoms with Crippen LogP contribution in [0.5, 0.6) is 0 Å². The molecule has 2 heterocycles. The summed E-state index contributed by atoms with van der Waals surface area (Å²) in [5, 5.41) is 17.8. The minimum Gasteiger partial charge on any atom is -0.307 e. The lowest BCUT2D eigenvalue weighted by Gasteiger charge is -2.13. The van der Waals surface area contributed by atoms with Crippen LogP contribution in [0.3, 0.4) is 0 Å². The van der Waals surface area contributed by atoms with E-state index in [0.717, 1.165) is 0 Å². The Morgan fingerprint density at radius 3 is 2.80 bits per heavy atom. The van der Waals surface area contributed by atoms with Gasteiger partial charge in [0.15, 0.2) is 9.84 Å². The van der Waals surface area contributed by atoms with Crippen LogP contribution in [0.15, 0.2) is 30.3 Å². The summed E-state index contributed by atoms with van der Waals surface area (Å²) in [6.45, 7) is 1.74. The summed E-state index contributed by atoms with van der Waals surface area (Å²) < 4.78 is 24.9. The van der Waals surface area contributed by atoms with Gasteiger partial charge in [0.25, 0.3) is 11.6 Å². The van der Waals surface area contributed by atoms with Crippen molar-refractivity contribution in [2.45, 2.75) is 19.4 Å². The SMILES string of the molecule is Cc1cc(NC(=O)c2cccc([N+](=O)[O-])c2)n(C2CCS(=O)(=O)C2)n1. The fourth-order valence-electron chi connectivity index (χ4n) is 2.81. The summed E-state index contributed by atoms with van der Waals surface area (Å²) in [5.74, 6) is -0.0790. The van der Waals surface area contributed by atoms with E-state index >= 15 is 0 Å². The number of aryl methyl sites for hydroxylation is 1. The zero-order valence-corrected chi connectivity index (χ0v) is 14.2. The van der Waals surface area contributed by atoms with Gasteiger partial charge in [-0.1, -0.05) is 6.07 Å². The Labute approximate surface area is 143 Å². The van der Waals surface area contributed by atoms with E-state index in [9.17, 15) is 23.3 Å². The van der Waals surface area contributed by atoms with Crippen LogP contribution in [-0.4, -0.2) is 40.5 Å². The monoisotopic (exact) mass is 364 g/mol. The Morgan fingerprint density at radius 2 is 2.16 bits per heavy atom. The molecule has 1 amide bonds. The van der Waals surface area contributed by atoms with Crippen LogP contribution in [0, 0.1) is 17.0 Å². The molecule has 1 saturated heterocycles. The van der Waals surface area contributed by atoms with Crippen LogP contribution in [-0.2, 0) is 9.84 Å². The van der Waals surface area contributed by atoms with Crippen molar-refractivity contribution in [2.75, 3.05) is 16.8 Å². The Morgan fingerprint density at radius 1 is 1.40 bits per heavy atom. The van der Waals surface area contributed by atoms with E-state index in [-0.39, 0.29) is 28.8 Å². The predicted octanol–water partition coefficient (Wildman–Crippen LogP) is 1.71. The molecule has 1 N–H and O–H groups in total. The van der Waals surface area contributed by atoms with Gasteiger partial charge in [-0.3, -0.25) is 14.9 Å².